The Morgan fingerprint density at radius 3 is 2.56 bits per heavy atom. The standard InChI is InChI=1S/C21H36N2O2SSi/c1-6-12-21(17-22-13-7-2)18-23(16-19-10-8-9-11-20(19)21)26(24,25)14-15-27(3,4)5/h6-9,17,19-20H,1-2,10-16,18H2,3-5H3/t19-,20-,21+/m0/s1. The third-order valence-electron chi connectivity index (χ3n) is 5.82. The van der Waals surface area contributed by atoms with Gasteiger partial charge in [0.1, 0.15) is 0 Å². The Balaban J connectivity index is 2.34. The lowest BCUT2D eigenvalue weighted by molar-refractivity contribution is 0.0730. The quantitative estimate of drug-likeness (QED) is 0.323. The summed E-state index contributed by atoms with van der Waals surface area (Å²) in [5.41, 5.74) is -0.273. The molecule has 0 N–H and O–H groups in total. The topological polar surface area (TPSA) is 49.7 Å². The Labute approximate surface area is 167 Å². The summed E-state index contributed by atoms with van der Waals surface area (Å²) in [5, 5.41) is 0. The van der Waals surface area contributed by atoms with Crippen LogP contribution in [0.1, 0.15) is 19.3 Å². The molecule has 0 aromatic rings. The predicted octanol–water partition coefficient (Wildman–Crippen LogP) is 4.37. The first-order valence-corrected chi connectivity index (χ1v) is 15.3. The van der Waals surface area contributed by atoms with E-state index in [2.05, 4.69) is 49.9 Å². The van der Waals surface area contributed by atoms with E-state index in [9.17, 15) is 8.42 Å². The van der Waals surface area contributed by atoms with Crippen molar-refractivity contribution in [3.8, 4) is 0 Å². The summed E-state index contributed by atoms with van der Waals surface area (Å²) in [4.78, 5) is 4.57. The molecule has 3 atom stereocenters. The minimum atomic E-state index is -3.26. The van der Waals surface area contributed by atoms with Crippen molar-refractivity contribution in [1.82, 2.24) is 4.31 Å². The number of piperidine rings is 1. The molecule has 1 saturated heterocycles. The summed E-state index contributed by atoms with van der Waals surface area (Å²) in [6, 6.07) is 0.804. The van der Waals surface area contributed by atoms with Crippen molar-refractivity contribution in [3.05, 3.63) is 37.5 Å². The van der Waals surface area contributed by atoms with E-state index in [4.69, 9.17) is 0 Å². The Kier molecular flexibility index (Phi) is 7.45. The summed E-state index contributed by atoms with van der Waals surface area (Å²) < 4.78 is 28.1. The second-order valence-corrected chi connectivity index (χ2v) is 16.9. The Morgan fingerprint density at radius 2 is 1.93 bits per heavy atom. The van der Waals surface area contributed by atoms with Crippen LogP contribution in [0.5, 0.6) is 0 Å². The van der Waals surface area contributed by atoms with E-state index in [1.54, 1.807) is 10.4 Å². The molecule has 152 valence electrons. The summed E-state index contributed by atoms with van der Waals surface area (Å²) in [6.07, 6.45) is 12.9. The molecule has 0 bridgehead atoms. The highest BCUT2D eigenvalue weighted by Crippen LogP contribution is 2.47. The molecule has 0 aromatic heterocycles. The normalized spacial score (nSPS) is 29.6. The molecule has 27 heavy (non-hydrogen) atoms. The minimum absolute atomic E-state index is 0.268. The first-order valence-electron chi connectivity index (χ1n) is 9.99. The van der Waals surface area contributed by atoms with Gasteiger partial charge in [0, 0.05) is 32.8 Å². The number of hydrogen-bond donors (Lipinski definition) is 0. The molecule has 1 heterocycles. The summed E-state index contributed by atoms with van der Waals surface area (Å²) in [6.45, 7) is 16.1. The fourth-order valence-corrected chi connectivity index (χ4v) is 8.90. The van der Waals surface area contributed by atoms with Crippen LogP contribution in [0.4, 0.5) is 0 Å². The fraction of sp³-hybridized carbons (Fsp3) is 0.667. The largest absolute Gasteiger partial charge is 0.293 e. The average Bonchev–Trinajstić information content (AvgIpc) is 2.60. The van der Waals surface area contributed by atoms with Crippen LogP contribution in [-0.4, -0.2) is 52.4 Å². The zero-order valence-corrected chi connectivity index (χ0v) is 19.0. The molecular weight excluding hydrogens is 372 g/mol. The van der Waals surface area contributed by atoms with E-state index in [1.165, 1.54) is 0 Å². The van der Waals surface area contributed by atoms with Crippen molar-refractivity contribution < 1.29 is 8.42 Å². The van der Waals surface area contributed by atoms with Gasteiger partial charge in [-0.3, -0.25) is 4.99 Å². The smallest absolute Gasteiger partial charge is 0.213 e. The first kappa shape index (κ1) is 22.3. The molecule has 0 unspecified atom stereocenters. The van der Waals surface area contributed by atoms with Gasteiger partial charge >= 0.3 is 0 Å². The molecule has 1 aliphatic heterocycles. The van der Waals surface area contributed by atoms with Crippen molar-refractivity contribution in [1.29, 1.82) is 0 Å². The molecule has 1 fully saturated rings. The Hall–Kier alpha value is -0.983. The third-order valence-corrected chi connectivity index (χ3v) is 9.72. The Bertz CT molecular complexity index is 693. The zero-order valence-electron chi connectivity index (χ0n) is 17.2. The lowest BCUT2D eigenvalue weighted by Crippen LogP contribution is -2.56. The molecular formula is C21H36N2O2SSi. The van der Waals surface area contributed by atoms with E-state index < -0.39 is 18.1 Å². The fourth-order valence-electron chi connectivity index (χ4n) is 4.31. The van der Waals surface area contributed by atoms with Gasteiger partial charge in [0.25, 0.3) is 0 Å². The van der Waals surface area contributed by atoms with E-state index in [0.717, 1.165) is 25.3 Å². The molecule has 0 radical (unpaired) electrons. The van der Waals surface area contributed by atoms with Crippen LogP contribution in [0.15, 0.2) is 42.5 Å². The van der Waals surface area contributed by atoms with Gasteiger partial charge in [0.05, 0.1) is 12.3 Å². The lowest BCUT2D eigenvalue weighted by atomic mass is 9.62. The number of allylic oxidation sites excluding steroid dienone is 3. The summed E-state index contributed by atoms with van der Waals surface area (Å²) >= 11 is 0. The van der Waals surface area contributed by atoms with Crippen LogP contribution >= 0.6 is 0 Å². The average molecular weight is 409 g/mol. The monoisotopic (exact) mass is 408 g/mol. The third kappa shape index (κ3) is 5.75. The zero-order chi connectivity index (χ0) is 20.1. The molecule has 4 nitrogen and oxygen atoms in total. The van der Waals surface area contributed by atoms with Crippen molar-refractivity contribution in [3.63, 3.8) is 0 Å². The maximum atomic E-state index is 13.2. The van der Waals surface area contributed by atoms with Gasteiger partial charge in [-0.25, -0.2) is 12.7 Å². The van der Waals surface area contributed by atoms with Gasteiger partial charge < -0.3 is 0 Å². The van der Waals surface area contributed by atoms with Crippen molar-refractivity contribution in [2.75, 3.05) is 25.4 Å². The molecule has 0 aromatic carbocycles. The van der Waals surface area contributed by atoms with Gasteiger partial charge in [0.15, 0.2) is 0 Å². The Morgan fingerprint density at radius 1 is 1.22 bits per heavy atom. The van der Waals surface area contributed by atoms with Crippen LogP contribution in [0, 0.1) is 17.3 Å². The number of hydrogen-bond acceptors (Lipinski definition) is 3. The number of sulfonamides is 1. The highest BCUT2D eigenvalue weighted by atomic mass is 32.2. The van der Waals surface area contributed by atoms with Crippen LogP contribution in [0.2, 0.25) is 25.7 Å². The van der Waals surface area contributed by atoms with E-state index in [0.29, 0.717) is 31.5 Å². The summed E-state index contributed by atoms with van der Waals surface area (Å²) in [7, 11) is -4.67. The van der Waals surface area contributed by atoms with Crippen molar-refractivity contribution in [2.45, 2.75) is 44.9 Å². The van der Waals surface area contributed by atoms with Gasteiger partial charge in [-0.2, -0.15) is 0 Å². The van der Waals surface area contributed by atoms with Crippen molar-refractivity contribution in [2.24, 2.45) is 22.2 Å². The molecule has 2 rings (SSSR count). The highest BCUT2D eigenvalue weighted by Gasteiger charge is 2.49. The molecule has 0 amide bonds. The van der Waals surface area contributed by atoms with Gasteiger partial charge in [-0.15, -0.1) is 13.2 Å². The first-order chi connectivity index (χ1) is 12.6. The predicted molar refractivity (Wildman–Crippen MR) is 120 cm³/mol. The summed E-state index contributed by atoms with van der Waals surface area (Å²) in [5.74, 6) is 1.03. The SMILES string of the molecule is C=CCN=C[C@]1(CC=C)CN(S(=O)(=O)CC[Si](C)(C)C)C[C@@H]2CC=CC[C@@H]21. The van der Waals surface area contributed by atoms with Crippen LogP contribution < -0.4 is 0 Å². The molecule has 1 aliphatic carbocycles. The lowest BCUT2D eigenvalue weighted by Gasteiger charge is -2.50. The number of rotatable bonds is 9. The second-order valence-electron chi connectivity index (χ2n) is 9.24. The number of fused-ring (bicyclic) bond motifs is 1. The van der Waals surface area contributed by atoms with Gasteiger partial charge in [-0.1, -0.05) is 43.9 Å². The van der Waals surface area contributed by atoms with E-state index in [-0.39, 0.29) is 11.2 Å². The van der Waals surface area contributed by atoms with Crippen LogP contribution in [-0.2, 0) is 10.0 Å². The number of nitrogens with zero attached hydrogens (tertiary/aromatic N) is 2. The van der Waals surface area contributed by atoms with Gasteiger partial charge in [-0.05, 0) is 37.1 Å². The molecule has 2 aliphatic rings. The van der Waals surface area contributed by atoms with Gasteiger partial charge in [0.2, 0.25) is 10.0 Å². The second kappa shape index (κ2) is 9.01. The molecule has 0 spiro atoms. The molecule has 0 saturated carbocycles. The van der Waals surface area contributed by atoms with Crippen LogP contribution in [0.25, 0.3) is 0 Å². The van der Waals surface area contributed by atoms with E-state index in [1.807, 2.05) is 12.3 Å². The highest BCUT2D eigenvalue weighted by molar-refractivity contribution is 7.89. The van der Waals surface area contributed by atoms with E-state index >= 15 is 0 Å². The molecule has 6 heteroatoms. The number of aliphatic imine (C=N–C) groups is 1. The van der Waals surface area contributed by atoms with Crippen LogP contribution in [0.3, 0.4) is 0 Å². The minimum Gasteiger partial charge on any atom is -0.293 e. The maximum absolute atomic E-state index is 13.2. The van der Waals surface area contributed by atoms with Crippen molar-refractivity contribution >= 4 is 24.3 Å². The maximum Gasteiger partial charge on any atom is 0.213 e.